The highest BCUT2D eigenvalue weighted by atomic mass is 32.1. The average molecular weight is 423 g/mol. The molecule has 1 N–H and O–H groups in total. The third-order valence-electron chi connectivity index (χ3n) is 4.62. The molecule has 160 valence electrons. The zero-order chi connectivity index (χ0) is 21.4. The van der Waals surface area contributed by atoms with Gasteiger partial charge in [-0.15, -0.1) is 0 Å². The molecule has 0 spiro atoms. The molecular weight excluding hydrogens is 392 g/mol. The number of thiol groups is 1. The van der Waals surface area contributed by atoms with Crippen LogP contribution >= 0.6 is 12.6 Å². The summed E-state index contributed by atoms with van der Waals surface area (Å²) in [5, 5.41) is 2.62. The maximum Gasteiger partial charge on any atom is 0.410 e. The van der Waals surface area contributed by atoms with E-state index < -0.39 is 30.1 Å². The second-order valence-electron chi connectivity index (χ2n) is 7.54. The van der Waals surface area contributed by atoms with Gasteiger partial charge in [-0.2, -0.15) is 12.6 Å². The van der Waals surface area contributed by atoms with Gasteiger partial charge in [-0.25, -0.2) is 9.59 Å². The van der Waals surface area contributed by atoms with Gasteiger partial charge in [-0.1, -0.05) is 44.2 Å². The van der Waals surface area contributed by atoms with Gasteiger partial charge in [0.15, 0.2) is 0 Å². The quantitative estimate of drug-likeness (QED) is 0.497. The van der Waals surface area contributed by atoms with Gasteiger partial charge in [0, 0.05) is 11.8 Å². The van der Waals surface area contributed by atoms with Gasteiger partial charge in [0.2, 0.25) is 5.91 Å². The summed E-state index contributed by atoms with van der Waals surface area (Å²) in [6.07, 6.45) is 0.286. The lowest BCUT2D eigenvalue weighted by Gasteiger charge is -2.26. The van der Waals surface area contributed by atoms with Crippen LogP contribution in [0.25, 0.3) is 0 Å². The highest BCUT2D eigenvalue weighted by Gasteiger charge is 2.40. The third-order valence-corrected chi connectivity index (χ3v) is 4.99. The summed E-state index contributed by atoms with van der Waals surface area (Å²) in [5.74, 6) is -0.664. The van der Waals surface area contributed by atoms with Crippen molar-refractivity contribution in [2.75, 3.05) is 13.2 Å². The first-order valence-corrected chi connectivity index (χ1v) is 10.5. The monoisotopic (exact) mass is 422 g/mol. The summed E-state index contributed by atoms with van der Waals surface area (Å²) in [7, 11) is 0. The van der Waals surface area contributed by atoms with Crippen molar-refractivity contribution >= 4 is 30.6 Å². The van der Waals surface area contributed by atoms with E-state index in [0.717, 1.165) is 5.56 Å². The summed E-state index contributed by atoms with van der Waals surface area (Å²) in [6.45, 7) is 6.32. The van der Waals surface area contributed by atoms with Crippen LogP contribution in [0.4, 0.5) is 4.79 Å². The maximum absolute atomic E-state index is 12.9. The Labute approximate surface area is 177 Å². The topological polar surface area (TPSA) is 84.9 Å². The zero-order valence-electron chi connectivity index (χ0n) is 17.2. The highest BCUT2D eigenvalue weighted by molar-refractivity contribution is 7.81. The molecule has 1 aliphatic rings. The number of amides is 2. The van der Waals surface area contributed by atoms with E-state index in [4.69, 9.17) is 9.47 Å². The zero-order valence-corrected chi connectivity index (χ0v) is 18.1. The fourth-order valence-electron chi connectivity index (χ4n) is 3.26. The number of nitrogens with zero attached hydrogens (tertiary/aromatic N) is 1. The summed E-state index contributed by atoms with van der Waals surface area (Å²) < 4.78 is 10.5. The molecule has 1 aromatic rings. The molecule has 29 heavy (non-hydrogen) atoms. The molecule has 1 saturated heterocycles. The van der Waals surface area contributed by atoms with E-state index in [9.17, 15) is 14.4 Å². The average Bonchev–Trinajstić information content (AvgIpc) is 3.08. The van der Waals surface area contributed by atoms with Crippen molar-refractivity contribution in [2.24, 2.45) is 5.92 Å². The minimum Gasteiger partial charge on any atom is -0.464 e. The van der Waals surface area contributed by atoms with Crippen molar-refractivity contribution in [2.45, 2.75) is 57.6 Å². The first kappa shape index (κ1) is 23.1. The predicted octanol–water partition coefficient (Wildman–Crippen LogP) is 2.79. The molecular formula is C21H30N2O5S. The van der Waals surface area contributed by atoms with Gasteiger partial charge in [0.05, 0.1) is 6.61 Å². The number of nitrogens with one attached hydrogen (secondary N) is 1. The van der Waals surface area contributed by atoms with Crippen molar-refractivity contribution in [1.82, 2.24) is 10.2 Å². The lowest BCUT2D eigenvalue weighted by Crippen LogP contribution is -2.51. The largest absolute Gasteiger partial charge is 0.464 e. The molecule has 8 heteroatoms. The van der Waals surface area contributed by atoms with Crippen molar-refractivity contribution in [3.8, 4) is 0 Å². The highest BCUT2D eigenvalue weighted by Crippen LogP contribution is 2.24. The van der Waals surface area contributed by atoms with Crippen LogP contribution in [-0.2, 0) is 25.7 Å². The summed E-state index contributed by atoms with van der Waals surface area (Å²) in [5.41, 5.74) is 0.864. The van der Waals surface area contributed by atoms with Crippen molar-refractivity contribution in [1.29, 1.82) is 0 Å². The van der Waals surface area contributed by atoms with E-state index in [1.165, 1.54) is 4.90 Å². The first-order chi connectivity index (χ1) is 13.8. The van der Waals surface area contributed by atoms with E-state index in [1.54, 1.807) is 6.92 Å². The van der Waals surface area contributed by atoms with E-state index in [1.807, 2.05) is 44.2 Å². The molecule has 0 bridgehead atoms. The Bertz CT molecular complexity index is 698. The van der Waals surface area contributed by atoms with Gasteiger partial charge >= 0.3 is 12.1 Å². The maximum atomic E-state index is 12.9. The molecule has 2 rings (SSSR count). The molecule has 0 unspecified atom stereocenters. The fourth-order valence-corrected chi connectivity index (χ4v) is 3.64. The van der Waals surface area contributed by atoms with Crippen LogP contribution in [0.1, 0.15) is 39.2 Å². The molecule has 2 amide bonds. The van der Waals surface area contributed by atoms with Gasteiger partial charge in [-0.3, -0.25) is 9.69 Å². The molecule has 1 fully saturated rings. The Kier molecular flexibility index (Phi) is 8.82. The van der Waals surface area contributed by atoms with Crippen molar-refractivity contribution < 1.29 is 23.9 Å². The van der Waals surface area contributed by atoms with Crippen LogP contribution in [0.3, 0.4) is 0 Å². The minimum atomic E-state index is -0.747. The van der Waals surface area contributed by atoms with Crippen LogP contribution in [-0.4, -0.2) is 53.4 Å². The fraction of sp³-hybridized carbons (Fsp3) is 0.571. The number of esters is 1. The van der Waals surface area contributed by atoms with Crippen molar-refractivity contribution in [3.63, 3.8) is 0 Å². The molecule has 0 aromatic heterocycles. The van der Waals surface area contributed by atoms with Crippen LogP contribution in [0.5, 0.6) is 0 Å². The van der Waals surface area contributed by atoms with E-state index in [0.29, 0.717) is 19.4 Å². The summed E-state index contributed by atoms with van der Waals surface area (Å²) in [6, 6.07) is 7.85. The normalized spacial score (nSPS) is 19.7. The lowest BCUT2D eigenvalue weighted by atomic mass is 10.0. The number of benzene rings is 1. The van der Waals surface area contributed by atoms with Crippen LogP contribution in [0, 0.1) is 5.92 Å². The van der Waals surface area contributed by atoms with Crippen LogP contribution in [0.2, 0.25) is 0 Å². The lowest BCUT2D eigenvalue weighted by molar-refractivity contribution is -0.148. The number of hydrogen-bond acceptors (Lipinski definition) is 6. The van der Waals surface area contributed by atoms with E-state index in [-0.39, 0.29) is 24.4 Å². The number of carbonyl (C=O) groups is 3. The van der Waals surface area contributed by atoms with E-state index in [2.05, 4.69) is 17.9 Å². The SMILES string of the molecule is CCOC(=O)[C@H](CC(C)C)NC(=O)[C@@H]1C[C@@H](S)CN1C(=O)OCc1ccccc1. The summed E-state index contributed by atoms with van der Waals surface area (Å²) >= 11 is 4.44. The number of likely N-dealkylation sites (tertiary alicyclic amines) is 1. The summed E-state index contributed by atoms with van der Waals surface area (Å²) in [4.78, 5) is 39.0. The van der Waals surface area contributed by atoms with Gasteiger partial charge in [0.25, 0.3) is 0 Å². The van der Waals surface area contributed by atoms with Gasteiger partial charge < -0.3 is 14.8 Å². The Morgan fingerprint density at radius 3 is 2.52 bits per heavy atom. The number of hydrogen-bond donors (Lipinski definition) is 2. The predicted molar refractivity (Wildman–Crippen MR) is 113 cm³/mol. The van der Waals surface area contributed by atoms with Gasteiger partial charge in [0.1, 0.15) is 18.7 Å². The first-order valence-electron chi connectivity index (χ1n) is 9.94. The molecule has 1 aromatic carbocycles. The molecule has 7 nitrogen and oxygen atoms in total. The second kappa shape index (κ2) is 11.1. The molecule has 1 heterocycles. The Morgan fingerprint density at radius 2 is 1.90 bits per heavy atom. The molecule has 0 saturated carbocycles. The second-order valence-corrected chi connectivity index (χ2v) is 8.27. The van der Waals surface area contributed by atoms with Crippen LogP contribution < -0.4 is 5.32 Å². The smallest absolute Gasteiger partial charge is 0.410 e. The Morgan fingerprint density at radius 1 is 1.21 bits per heavy atom. The van der Waals surface area contributed by atoms with E-state index >= 15 is 0 Å². The Balaban J connectivity index is 2.02. The minimum absolute atomic E-state index is 0.126. The van der Waals surface area contributed by atoms with Gasteiger partial charge in [-0.05, 0) is 31.2 Å². The van der Waals surface area contributed by atoms with Crippen molar-refractivity contribution in [3.05, 3.63) is 35.9 Å². The number of rotatable bonds is 8. The molecule has 1 aliphatic heterocycles. The molecule has 0 radical (unpaired) electrons. The molecule has 3 atom stereocenters. The third kappa shape index (κ3) is 6.96. The Hall–Kier alpha value is -2.22. The molecule has 0 aliphatic carbocycles. The number of ether oxygens (including phenoxy) is 2. The standard InChI is InChI=1S/C21H30N2O5S/c1-4-27-20(25)17(10-14(2)3)22-19(24)18-11-16(29)12-23(18)21(26)28-13-15-8-6-5-7-9-15/h5-9,14,16-18,29H,4,10-13H2,1-3H3,(H,22,24)/t16-,17+,18+/m1/s1. The van der Waals surface area contributed by atoms with Crippen LogP contribution in [0.15, 0.2) is 30.3 Å². The number of carbonyl (C=O) groups excluding carboxylic acids is 3.